The molecule has 2 aromatic heterocycles. The van der Waals surface area contributed by atoms with E-state index in [1.165, 1.54) is 11.3 Å². The van der Waals surface area contributed by atoms with E-state index in [-0.39, 0.29) is 6.04 Å². The molecule has 0 bridgehead atoms. The maximum Gasteiger partial charge on any atom is 0.0766 e. The van der Waals surface area contributed by atoms with Gasteiger partial charge in [0.25, 0.3) is 0 Å². The quantitative estimate of drug-likeness (QED) is 0.878. The van der Waals surface area contributed by atoms with E-state index in [1.807, 2.05) is 29.7 Å². The van der Waals surface area contributed by atoms with Crippen LogP contribution in [0.25, 0.3) is 0 Å². The molecule has 1 unspecified atom stereocenters. The van der Waals surface area contributed by atoms with Crippen LogP contribution in [0.1, 0.15) is 36.8 Å². The third kappa shape index (κ3) is 3.12. The van der Waals surface area contributed by atoms with Gasteiger partial charge in [-0.2, -0.15) is 10.2 Å². The Morgan fingerprint density at radius 1 is 1.35 bits per heavy atom. The van der Waals surface area contributed by atoms with Crippen molar-refractivity contribution >= 4 is 15.9 Å². The zero-order valence-electron chi connectivity index (χ0n) is 12.5. The molecule has 0 saturated heterocycles. The molecule has 2 rings (SSSR count). The van der Waals surface area contributed by atoms with E-state index in [1.54, 1.807) is 0 Å². The van der Waals surface area contributed by atoms with Gasteiger partial charge in [0.1, 0.15) is 0 Å². The minimum atomic E-state index is 0.255. The lowest BCUT2D eigenvalue weighted by Gasteiger charge is -2.16. The summed E-state index contributed by atoms with van der Waals surface area (Å²) in [6, 6.07) is 0.255. The van der Waals surface area contributed by atoms with Crippen LogP contribution < -0.4 is 5.32 Å². The molecule has 0 spiro atoms. The van der Waals surface area contributed by atoms with Crippen molar-refractivity contribution in [2.75, 3.05) is 6.54 Å². The molecule has 0 fully saturated rings. The van der Waals surface area contributed by atoms with Gasteiger partial charge in [0.15, 0.2) is 0 Å². The van der Waals surface area contributed by atoms with Crippen molar-refractivity contribution in [3.8, 4) is 0 Å². The van der Waals surface area contributed by atoms with Crippen LogP contribution in [0.4, 0.5) is 0 Å². The van der Waals surface area contributed by atoms with Crippen LogP contribution in [0.2, 0.25) is 0 Å². The first kappa shape index (κ1) is 15.3. The van der Waals surface area contributed by atoms with Crippen LogP contribution in [0.3, 0.4) is 0 Å². The summed E-state index contributed by atoms with van der Waals surface area (Å²) in [5, 5.41) is 12.4. The highest BCUT2D eigenvalue weighted by Crippen LogP contribution is 2.26. The monoisotopic (exact) mass is 339 g/mol. The Morgan fingerprint density at radius 2 is 2.10 bits per heavy atom. The van der Waals surface area contributed by atoms with Crippen molar-refractivity contribution in [1.82, 2.24) is 24.9 Å². The molecule has 0 aliphatic carbocycles. The first-order chi connectivity index (χ1) is 9.56. The predicted octanol–water partition coefficient (Wildman–Crippen LogP) is 2.37. The first-order valence-corrected chi connectivity index (χ1v) is 7.78. The van der Waals surface area contributed by atoms with E-state index < -0.39 is 0 Å². The Morgan fingerprint density at radius 3 is 2.60 bits per heavy atom. The molecule has 0 amide bonds. The lowest BCUT2D eigenvalue weighted by Crippen LogP contribution is -2.23. The average Bonchev–Trinajstić information content (AvgIpc) is 2.96. The second kappa shape index (κ2) is 6.54. The van der Waals surface area contributed by atoms with Crippen molar-refractivity contribution in [2.24, 2.45) is 14.1 Å². The second-order valence-corrected chi connectivity index (χ2v) is 5.74. The van der Waals surface area contributed by atoms with E-state index in [9.17, 15) is 0 Å². The zero-order chi connectivity index (χ0) is 14.7. The highest BCUT2D eigenvalue weighted by molar-refractivity contribution is 9.10. The van der Waals surface area contributed by atoms with Gasteiger partial charge in [0.05, 0.1) is 22.1 Å². The molecule has 5 nitrogen and oxygen atoms in total. The number of hydrogen-bond donors (Lipinski definition) is 1. The van der Waals surface area contributed by atoms with E-state index in [0.717, 1.165) is 29.6 Å². The summed E-state index contributed by atoms with van der Waals surface area (Å²) in [4.78, 5) is 0. The highest BCUT2D eigenvalue weighted by Gasteiger charge is 2.19. The third-order valence-electron chi connectivity index (χ3n) is 3.48. The van der Waals surface area contributed by atoms with E-state index in [4.69, 9.17) is 0 Å². The number of aryl methyl sites for hydroxylation is 3. The van der Waals surface area contributed by atoms with Crippen LogP contribution in [0, 0.1) is 0 Å². The van der Waals surface area contributed by atoms with Gasteiger partial charge in [-0.1, -0.05) is 13.8 Å². The molecule has 0 radical (unpaired) electrons. The highest BCUT2D eigenvalue weighted by atomic mass is 79.9. The topological polar surface area (TPSA) is 47.7 Å². The van der Waals surface area contributed by atoms with Gasteiger partial charge >= 0.3 is 0 Å². The summed E-state index contributed by atoms with van der Waals surface area (Å²) in [7, 11) is 3.95. The molecule has 2 heterocycles. The van der Waals surface area contributed by atoms with Crippen molar-refractivity contribution in [3.05, 3.63) is 33.8 Å². The summed E-state index contributed by atoms with van der Waals surface area (Å²) in [6.45, 7) is 5.18. The van der Waals surface area contributed by atoms with Crippen LogP contribution in [0.5, 0.6) is 0 Å². The average molecular weight is 340 g/mol. The molecule has 0 aliphatic rings. The minimum Gasteiger partial charge on any atom is -0.310 e. The lowest BCUT2D eigenvalue weighted by atomic mass is 10.1. The van der Waals surface area contributed by atoms with Gasteiger partial charge in [-0.05, 0) is 28.9 Å². The standard InChI is InChI=1S/C14H22BrN5/c1-5-11-14(15)13(20(4)18-11)7-12(16-6-2)10-8-17-19(3)9-10/h8-9,12,16H,5-7H2,1-4H3. The summed E-state index contributed by atoms with van der Waals surface area (Å²) < 4.78 is 4.95. The molecule has 1 atom stereocenters. The molecular weight excluding hydrogens is 318 g/mol. The number of rotatable bonds is 6. The fourth-order valence-corrected chi connectivity index (χ4v) is 3.19. The maximum absolute atomic E-state index is 4.56. The normalized spacial score (nSPS) is 12.8. The van der Waals surface area contributed by atoms with Gasteiger partial charge in [-0.3, -0.25) is 9.36 Å². The summed E-state index contributed by atoms with van der Waals surface area (Å²) >= 11 is 3.69. The number of hydrogen-bond acceptors (Lipinski definition) is 3. The summed E-state index contributed by atoms with van der Waals surface area (Å²) in [5.74, 6) is 0. The van der Waals surface area contributed by atoms with Gasteiger partial charge in [0, 0.05) is 38.3 Å². The van der Waals surface area contributed by atoms with Crippen molar-refractivity contribution in [1.29, 1.82) is 0 Å². The molecule has 20 heavy (non-hydrogen) atoms. The predicted molar refractivity (Wildman–Crippen MR) is 83.6 cm³/mol. The lowest BCUT2D eigenvalue weighted by molar-refractivity contribution is 0.527. The number of halogens is 1. The Kier molecular flexibility index (Phi) is 4.99. The molecule has 6 heteroatoms. The smallest absolute Gasteiger partial charge is 0.0766 e. The number of nitrogens with zero attached hydrogens (tertiary/aromatic N) is 4. The van der Waals surface area contributed by atoms with Gasteiger partial charge in [0.2, 0.25) is 0 Å². The molecule has 2 aromatic rings. The first-order valence-electron chi connectivity index (χ1n) is 6.98. The van der Waals surface area contributed by atoms with E-state index in [0.29, 0.717) is 0 Å². The Hall–Kier alpha value is -1.14. The van der Waals surface area contributed by atoms with Crippen molar-refractivity contribution in [3.63, 3.8) is 0 Å². The van der Waals surface area contributed by atoms with E-state index >= 15 is 0 Å². The molecule has 0 saturated carbocycles. The zero-order valence-corrected chi connectivity index (χ0v) is 14.1. The van der Waals surface area contributed by atoms with Crippen LogP contribution in [-0.4, -0.2) is 26.1 Å². The second-order valence-electron chi connectivity index (χ2n) is 4.95. The molecule has 1 N–H and O–H groups in total. The molecular formula is C14H22BrN5. The largest absolute Gasteiger partial charge is 0.310 e. The fourth-order valence-electron chi connectivity index (χ4n) is 2.41. The van der Waals surface area contributed by atoms with Crippen molar-refractivity contribution < 1.29 is 0 Å². The van der Waals surface area contributed by atoms with E-state index in [2.05, 4.69) is 51.5 Å². The van der Waals surface area contributed by atoms with Crippen LogP contribution in [0.15, 0.2) is 16.9 Å². The fraction of sp³-hybridized carbons (Fsp3) is 0.571. The number of aromatic nitrogens is 4. The van der Waals surface area contributed by atoms with Crippen molar-refractivity contribution in [2.45, 2.75) is 32.7 Å². The SMILES string of the molecule is CCNC(Cc1c(Br)c(CC)nn1C)c1cnn(C)c1. The Labute approximate surface area is 128 Å². The van der Waals surface area contributed by atoms with Gasteiger partial charge in [-0.25, -0.2) is 0 Å². The molecule has 0 aliphatic heterocycles. The summed E-state index contributed by atoms with van der Waals surface area (Å²) in [5.41, 5.74) is 3.54. The Bertz CT molecular complexity index is 572. The van der Waals surface area contributed by atoms with Crippen LogP contribution in [-0.2, 0) is 26.9 Å². The third-order valence-corrected chi connectivity index (χ3v) is 4.39. The molecule has 0 aromatic carbocycles. The number of nitrogens with one attached hydrogen (secondary N) is 1. The summed E-state index contributed by atoms with van der Waals surface area (Å²) in [6.07, 6.45) is 5.83. The minimum absolute atomic E-state index is 0.255. The molecule has 110 valence electrons. The van der Waals surface area contributed by atoms with Gasteiger partial charge < -0.3 is 5.32 Å². The van der Waals surface area contributed by atoms with Gasteiger partial charge in [-0.15, -0.1) is 0 Å². The number of likely N-dealkylation sites (N-methyl/N-ethyl adjacent to an activating group) is 1. The Balaban J connectivity index is 2.26. The maximum atomic E-state index is 4.56. The van der Waals surface area contributed by atoms with Crippen LogP contribution >= 0.6 is 15.9 Å².